The van der Waals surface area contributed by atoms with E-state index in [2.05, 4.69) is 47.3 Å². The van der Waals surface area contributed by atoms with Gasteiger partial charge in [0, 0.05) is 24.0 Å². The van der Waals surface area contributed by atoms with E-state index in [1.54, 1.807) is 6.33 Å². The molecule has 1 N–H and O–H groups in total. The average Bonchev–Trinajstić information content (AvgIpc) is 2.36. The second-order valence-electron chi connectivity index (χ2n) is 4.71. The first-order valence-electron chi connectivity index (χ1n) is 6.18. The number of nitrogens with zero attached hydrogens (tertiary/aromatic N) is 2. The molecule has 3 nitrogen and oxygen atoms in total. The lowest BCUT2D eigenvalue weighted by atomic mass is 9.98. The molecule has 0 aliphatic rings. The van der Waals surface area contributed by atoms with Crippen molar-refractivity contribution >= 4 is 0 Å². The Kier molecular flexibility index (Phi) is 4.05. The summed E-state index contributed by atoms with van der Waals surface area (Å²) in [5.74, 6) is 0. The lowest BCUT2D eigenvalue weighted by molar-refractivity contribution is 0.587. The molecule has 0 bridgehead atoms. The number of likely N-dealkylation sites (N-methyl/N-ethyl adjacent to an activating group) is 1. The molecule has 0 spiro atoms. The third-order valence-electron chi connectivity index (χ3n) is 3.05. The van der Waals surface area contributed by atoms with E-state index in [0.29, 0.717) is 0 Å². The lowest BCUT2D eigenvalue weighted by Crippen LogP contribution is -2.19. The van der Waals surface area contributed by atoms with Crippen LogP contribution in [0.25, 0.3) is 0 Å². The highest BCUT2D eigenvalue weighted by Gasteiger charge is 2.10. The summed E-state index contributed by atoms with van der Waals surface area (Å²) in [7, 11) is 1.97. The highest BCUT2D eigenvalue weighted by atomic mass is 14.9. The van der Waals surface area contributed by atoms with Crippen LogP contribution in [0.2, 0.25) is 0 Å². The monoisotopic (exact) mass is 241 g/mol. The van der Waals surface area contributed by atoms with Gasteiger partial charge < -0.3 is 5.32 Å². The quantitative estimate of drug-likeness (QED) is 0.894. The molecule has 1 heterocycles. The first-order valence-corrected chi connectivity index (χ1v) is 6.18. The van der Waals surface area contributed by atoms with E-state index in [1.165, 1.54) is 16.7 Å². The van der Waals surface area contributed by atoms with Crippen molar-refractivity contribution in [2.75, 3.05) is 7.05 Å². The fourth-order valence-corrected chi connectivity index (χ4v) is 2.30. The Labute approximate surface area is 108 Å². The van der Waals surface area contributed by atoms with E-state index in [4.69, 9.17) is 0 Å². The van der Waals surface area contributed by atoms with Crippen LogP contribution in [0.15, 0.2) is 36.9 Å². The van der Waals surface area contributed by atoms with Crippen molar-refractivity contribution in [1.29, 1.82) is 0 Å². The van der Waals surface area contributed by atoms with Gasteiger partial charge >= 0.3 is 0 Å². The maximum Gasteiger partial charge on any atom is 0.115 e. The van der Waals surface area contributed by atoms with E-state index >= 15 is 0 Å². The minimum Gasteiger partial charge on any atom is -0.313 e. The fraction of sp³-hybridized carbons (Fsp3) is 0.333. The summed E-state index contributed by atoms with van der Waals surface area (Å²) >= 11 is 0. The van der Waals surface area contributed by atoms with Gasteiger partial charge in [-0.1, -0.05) is 29.3 Å². The van der Waals surface area contributed by atoms with E-state index < -0.39 is 0 Å². The molecule has 3 heteroatoms. The molecule has 0 radical (unpaired) electrons. The first-order chi connectivity index (χ1) is 8.69. The van der Waals surface area contributed by atoms with Crippen molar-refractivity contribution < 1.29 is 0 Å². The zero-order valence-electron chi connectivity index (χ0n) is 11.1. The van der Waals surface area contributed by atoms with Gasteiger partial charge in [0.15, 0.2) is 0 Å². The molecule has 94 valence electrons. The Morgan fingerprint density at radius 1 is 1.06 bits per heavy atom. The van der Waals surface area contributed by atoms with Gasteiger partial charge in [-0.15, -0.1) is 0 Å². The molecule has 1 unspecified atom stereocenters. The highest BCUT2D eigenvalue weighted by Crippen LogP contribution is 2.18. The van der Waals surface area contributed by atoms with Crippen molar-refractivity contribution in [2.24, 2.45) is 0 Å². The Morgan fingerprint density at radius 3 is 2.22 bits per heavy atom. The summed E-state index contributed by atoms with van der Waals surface area (Å²) in [5, 5.41) is 3.33. The number of rotatable bonds is 4. The minimum atomic E-state index is 0.257. The van der Waals surface area contributed by atoms with Gasteiger partial charge in [0.25, 0.3) is 0 Å². The van der Waals surface area contributed by atoms with E-state index in [0.717, 1.165) is 12.0 Å². The maximum absolute atomic E-state index is 4.08. The molecule has 2 rings (SSSR count). The van der Waals surface area contributed by atoms with Crippen LogP contribution in [-0.4, -0.2) is 17.0 Å². The largest absolute Gasteiger partial charge is 0.313 e. The van der Waals surface area contributed by atoms with E-state index in [9.17, 15) is 0 Å². The fourth-order valence-electron chi connectivity index (χ4n) is 2.30. The highest BCUT2D eigenvalue weighted by molar-refractivity contribution is 5.30. The van der Waals surface area contributed by atoms with Gasteiger partial charge in [-0.05, 0) is 32.9 Å². The van der Waals surface area contributed by atoms with Crippen LogP contribution in [0.4, 0.5) is 0 Å². The SMILES string of the molecule is CNC(Cc1cc(C)cc(C)c1)c1cncnc1. The number of benzene rings is 1. The van der Waals surface area contributed by atoms with Crippen molar-refractivity contribution in [3.63, 3.8) is 0 Å². The number of aromatic nitrogens is 2. The molecule has 0 aliphatic carbocycles. The summed E-state index contributed by atoms with van der Waals surface area (Å²) in [6.45, 7) is 4.27. The number of hydrogen-bond donors (Lipinski definition) is 1. The third-order valence-corrected chi connectivity index (χ3v) is 3.05. The zero-order chi connectivity index (χ0) is 13.0. The lowest BCUT2D eigenvalue weighted by Gasteiger charge is -2.16. The predicted octanol–water partition coefficient (Wildman–Crippen LogP) is 2.60. The Balaban J connectivity index is 2.20. The molecule has 1 atom stereocenters. The average molecular weight is 241 g/mol. The Hall–Kier alpha value is -1.74. The number of hydrogen-bond acceptors (Lipinski definition) is 3. The van der Waals surface area contributed by atoms with Crippen molar-refractivity contribution in [3.8, 4) is 0 Å². The summed E-state index contributed by atoms with van der Waals surface area (Å²) < 4.78 is 0. The van der Waals surface area contributed by atoms with Gasteiger partial charge in [0.2, 0.25) is 0 Å². The van der Waals surface area contributed by atoms with Crippen molar-refractivity contribution in [2.45, 2.75) is 26.3 Å². The van der Waals surface area contributed by atoms with Gasteiger partial charge in [0.1, 0.15) is 6.33 Å². The normalized spacial score (nSPS) is 12.4. The topological polar surface area (TPSA) is 37.8 Å². The van der Waals surface area contributed by atoms with Crippen LogP contribution in [0.5, 0.6) is 0 Å². The predicted molar refractivity (Wildman–Crippen MR) is 73.5 cm³/mol. The first kappa shape index (κ1) is 12.7. The molecule has 0 saturated heterocycles. The second-order valence-corrected chi connectivity index (χ2v) is 4.71. The molecule has 18 heavy (non-hydrogen) atoms. The summed E-state index contributed by atoms with van der Waals surface area (Å²) in [6.07, 6.45) is 6.26. The van der Waals surface area contributed by atoms with Gasteiger partial charge in [-0.3, -0.25) is 0 Å². The molecule has 0 amide bonds. The van der Waals surface area contributed by atoms with Crippen LogP contribution in [0, 0.1) is 13.8 Å². The standard InChI is InChI=1S/C15H19N3/c1-11-4-12(2)6-13(5-11)7-15(16-3)14-8-17-10-18-9-14/h4-6,8-10,15-16H,7H2,1-3H3. The molecule has 1 aromatic carbocycles. The van der Waals surface area contributed by atoms with Crippen molar-refractivity contribution in [3.05, 3.63) is 59.2 Å². The molecule has 0 fully saturated rings. The molecule has 2 aromatic rings. The zero-order valence-corrected chi connectivity index (χ0v) is 11.1. The van der Waals surface area contributed by atoms with Crippen LogP contribution >= 0.6 is 0 Å². The van der Waals surface area contributed by atoms with Crippen LogP contribution in [0.1, 0.15) is 28.3 Å². The second kappa shape index (κ2) is 5.74. The smallest absolute Gasteiger partial charge is 0.115 e. The van der Waals surface area contributed by atoms with E-state index in [1.807, 2.05) is 19.4 Å². The summed E-state index contributed by atoms with van der Waals surface area (Å²) in [5.41, 5.74) is 5.09. The molecular formula is C15H19N3. The Morgan fingerprint density at radius 2 is 1.67 bits per heavy atom. The van der Waals surface area contributed by atoms with Gasteiger partial charge in [-0.2, -0.15) is 0 Å². The molecule has 0 aliphatic heterocycles. The van der Waals surface area contributed by atoms with Crippen LogP contribution in [-0.2, 0) is 6.42 Å². The van der Waals surface area contributed by atoms with Crippen LogP contribution < -0.4 is 5.32 Å². The number of nitrogens with one attached hydrogen (secondary N) is 1. The van der Waals surface area contributed by atoms with Crippen LogP contribution in [0.3, 0.4) is 0 Å². The van der Waals surface area contributed by atoms with Gasteiger partial charge in [0.05, 0.1) is 0 Å². The molecule has 1 aromatic heterocycles. The molecule has 0 saturated carbocycles. The summed E-state index contributed by atoms with van der Waals surface area (Å²) in [6, 6.07) is 6.93. The maximum atomic E-state index is 4.08. The number of aryl methyl sites for hydroxylation is 2. The summed E-state index contributed by atoms with van der Waals surface area (Å²) in [4.78, 5) is 8.16. The Bertz CT molecular complexity index is 488. The molecular weight excluding hydrogens is 222 g/mol. The minimum absolute atomic E-state index is 0.257. The van der Waals surface area contributed by atoms with Crippen molar-refractivity contribution in [1.82, 2.24) is 15.3 Å². The van der Waals surface area contributed by atoms with Gasteiger partial charge in [-0.25, -0.2) is 9.97 Å². The third kappa shape index (κ3) is 3.14. The van der Waals surface area contributed by atoms with E-state index in [-0.39, 0.29) is 6.04 Å².